The van der Waals surface area contributed by atoms with Gasteiger partial charge >= 0.3 is 0 Å². The van der Waals surface area contributed by atoms with Gasteiger partial charge in [0.15, 0.2) is 0 Å². The summed E-state index contributed by atoms with van der Waals surface area (Å²) >= 11 is 0. The summed E-state index contributed by atoms with van der Waals surface area (Å²) < 4.78 is 26.3. The molecule has 0 atom stereocenters. The lowest BCUT2D eigenvalue weighted by molar-refractivity contribution is 0.257. The van der Waals surface area contributed by atoms with E-state index >= 15 is 0 Å². The van der Waals surface area contributed by atoms with E-state index in [0.717, 1.165) is 13.0 Å². The molecule has 108 valence electrons. The number of aliphatic hydroxyl groups excluding tert-OH is 1. The molecule has 0 bridgehead atoms. The van der Waals surface area contributed by atoms with E-state index in [2.05, 4.69) is 5.32 Å². The number of nitrogens with one attached hydrogen (secondary N) is 1. The molecule has 0 amide bonds. The number of benzene rings is 1. The van der Waals surface area contributed by atoms with E-state index in [-0.39, 0.29) is 18.0 Å². The highest BCUT2D eigenvalue weighted by Crippen LogP contribution is 2.24. The van der Waals surface area contributed by atoms with Gasteiger partial charge in [-0.25, -0.2) is 8.42 Å². The molecular weight excluding hydrogens is 264 g/mol. The van der Waals surface area contributed by atoms with Gasteiger partial charge < -0.3 is 10.4 Å². The highest BCUT2D eigenvalue weighted by molar-refractivity contribution is 7.89. The lowest BCUT2D eigenvalue weighted by atomic mass is 10.3. The molecule has 1 rings (SSSR count). The second kappa shape index (κ2) is 7.47. The first-order valence-corrected chi connectivity index (χ1v) is 7.95. The lowest BCUT2D eigenvalue weighted by Crippen LogP contribution is -2.33. The lowest BCUT2D eigenvalue weighted by Gasteiger charge is -2.21. The van der Waals surface area contributed by atoms with E-state index in [4.69, 9.17) is 5.11 Å². The molecule has 1 aromatic rings. The summed E-state index contributed by atoms with van der Waals surface area (Å²) in [5, 5.41) is 12.1. The van der Waals surface area contributed by atoms with Crippen LogP contribution in [-0.2, 0) is 10.0 Å². The predicted octanol–water partition coefficient (Wildman–Crippen LogP) is 1.51. The van der Waals surface area contributed by atoms with E-state index in [9.17, 15) is 8.42 Å². The first-order chi connectivity index (χ1) is 9.07. The van der Waals surface area contributed by atoms with Crippen LogP contribution in [0.15, 0.2) is 29.2 Å². The molecule has 0 aliphatic heterocycles. The number of anilines is 1. The van der Waals surface area contributed by atoms with E-state index in [1.165, 1.54) is 4.31 Å². The standard InChI is InChI=1S/C13H22N2O3S/c1-3-9-14-12-7-5-6-8-13(12)19(17,18)15(4-2)10-11-16/h5-8,14,16H,3-4,9-11H2,1-2H3. The molecule has 0 fully saturated rings. The van der Waals surface area contributed by atoms with Gasteiger partial charge in [-0.05, 0) is 18.6 Å². The van der Waals surface area contributed by atoms with Crippen molar-refractivity contribution < 1.29 is 13.5 Å². The summed E-state index contributed by atoms with van der Waals surface area (Å²) in [6, 6.07) is 6.86. The van der Waals surface area contributed by atoms with E-state index in [0.29, 0.717) is 12.2 Å². The van der Waals surface area contributed by atoms with Crippen LogP contribution in [0.4, 0.5) is 5.69 Å². The van der Waals surface area contributed by atoms with Gasteiger partial charge in [0.1, 0.15) is 4.90 Å². The Kier molecular flexibility index (Phi) is 6.27. The molecule has 0 unspecified atom stereocenters. The van der Waals surface area contributed by atoms with Gasteiger partial charge in [-0.2, -0.15) is 4.31 Å². The number of hydrogen-bond acceptors (Lipinski definition) is 4. The summed E-state index contributed by atoms with van der Waals surface area (Å²) in [6.07, 6.45) is 0.919. The quantitative estimate of drug-likeness (QED) is 0.760. The highest BCUT2D eigenvalue weighted by Gasteiger charge is 2.24. The fourth-order valence-electron chi connectivity index (χ4n) is 1.80. The number of sulfonamides is 1. The summed E-state index contributed by atoms with van der Waals surface area (Å²) in [7, 11) is -3.56. The third kappa shape index (κ3) is 3.92. The Balaban J connectivity index is 3.12. The monoisotopic (exact) mass is 286 g/mol. The minimum absolute atomic E-state index is 0.112. The van der Waals surface area contributed by atoms with Crippen LogP contribution in [0, 0.1) is 0 Å². The first kappa shape index (κ1) is 15.9. The van der Waals surface area contributed by atoms with Gasteiger partial charge in [0.2, 0.25) is 10.0 Å². The molecule has 19 heavy (non-hydrogen) atoms. The van der Waals surface area contributed by atoms with Crippen molar-refractivity contribution in [1.82, 2.24) is 4.31 Å². The molecule has 0 aliphatic carbocycles. The Morgan fingerprint density at radius 2 is 1.95 bits per heavy atom. The Morgan fingerprint density at radius 3 is 2.53 bits per heavy atom. The summed E-state index contributed by atoms with van der Waals surface area (Å²) in [4.78, 5) is 0.263. The second-order valence-electron chi connectivity index (χ2n) is 4.14. The third-order valence-electron chi connectivity index (χ3n) is 2.77. The highest BCUT2D eigenvalue weighted by atomic mass is 32.2. The predicted molar refractivity (Wildman–Crippen MR) is 76.7 cm³/mol. The normalized spacial score (nSPS) is 11.8. The first-order valence-electron chi connectivity index (χ1n) is 6.51. The molecule has 0 spiro atoms. The van der Waals surface area contributed by atoms with Crippen molar-refractivity contribution in [2.24, 2.45) is 0 Å². The van der Waals surface area contributed by atoms with Crippen molar-refractivity contribution in [1.29, 1.82) is 0 Å². The zero-order valence-corrected chi connectivity index (χ0v) is 12.3. The molecule has 5 nitrogen and oxygen atoms in total. The van der Waals surface area contributed by atoms with Crippen molar-refractivity contribution in [3.8, 4) is 0 Å². The summed E-state index contributed by atoms with van der Waals surface area (Å²) in [5.74, 6) is 0. The van der Waals surface area contributed by atoms with Crippen molar-refractivity contribution in [3.63, 3.8) is 0 Å². The maximum Gasteiger partial charge on any atom is 0.245 e. The van der Waals surface area contributed by atoms with Crippen molar-refractivity contribution >= 4 is 15.7 Å². The average Bonchev–Trinajstić information content (AvgIpc) is 2.42. The zero-order chi connectivity index (χ0) is 14.3. The van der Waals surface area contributed by atoms with Gasteiger partial charge in [-0.3, -0.25) is 0 Å². The average molecular weight is 286 g/mol. The van der Waals surface area contributed by atoms with Crippen LogP contribution in [0.25, 0.3) is 0 Å². The number of aliphatic hydroxyl groups is 1. The molecule has 6 heteroatoms. The Morgan fingerprint density at radius 1 is 1.26 bits per heavy atom. The van der Waals surface area contributed by atoms with Crippen LogP contribution in [0.2, 0.25) is 0 Å². The Hall–Kier alpha value is -1.11. The molecular formula is C13H22N2O3S. The molecule has 2 N–H and O–H groups in total. The third-order valence-corrected chi connectivity index (χ3v) is 4.80. The second-order valence-corrected chi connectivity index (χ2v) is 6.05. The van der Waals surface area contributed by atoms with Gasteiger partial charge in [0.05, 0.1) is 12.3 Å². The number of rotatable bonds is 8. The van der Waals surface area contributed by atoms with Crippen molar-refractivity contribution in [3.05, 3.63) is 24.3 Å². The molecule has 0 aliphatic rings. The maximum atomic E-state index is 12.5. The van der Waals surface area contributed by atoms with Gasteiger partial charge in [0.25, 0.3) is 0 Å². The molecule has 0 saturated carbocycles. The van der Waals surface area contributed by atoms with Gasteiger partial charge in [-0.1, -0.05) is 26.0 Å². The molecule has 1 aromatic carbocycles. The molecule has 0 heterocycles. The summed E-state index contributed by atoms with van der Waals surface area (Å²) in [6.45, 7) is 4.77. The fourth-order valence-corrected chi connectivity index (χ4v) is 3.40. The summed E-state index contributed by atoms with van der Waals surface area (Å²) in [5.41, 5.74) is 0.612. The number of para-hydroxylation sites is 1. The van der Waals surface area contributed by atoms with Gasteiger partial charge in [0, 0.05) is 19.6 Å². The fraction of sp³-hybridized carbons (Fsp3) is 0.538. The SMILES string of the molecule is CCCNc1ccccc1S(=O)(=O)N(CC)CCO. The van der Waals surface area contributed by atoms with Crippen LogP contribution in [0.3, 0.4) is 0 Å². The maximum absolute atomic E-state index is 12.5. The number of nitrogens with zero attached hydrogens (tertiary/aromatic N) is 1. The molecule has 0 radical (unpaired) electrons. The van der Waals surface area contributed by atoms with Gasteiger partial charge in [-0.15, -0.1) is 0 Å². The van der Waals surface area contributed by atoms with Crippen LogP contribution in [-0.4, -0.2) is 44.1 Å². The van der Waals surface area contributed by atoms with Crippen molar-refractivity contribution in [2.45, 2.75) is 25.2 Å². The minimum atomic E-state index is -3.56. The van der Waals surface area contributed by atoms with Crippen LogP contribution >= 0.6 is 0 Å². The molecule has 0 saturated heterocycles. The minimum Gasteiger partial charge on any atom is -0.395 e. The topological polar surface area (TPSA) is 69.6 Å². The number of likely N-dealkylation sites (N-methyl/N-ethyl adjacent to an activating group) is 1. The smallest absolute Gasteiger partial charge is 0.245 e. The largest absolute Gasteiger partial charge is 0.395 e. The van der Waals surface area contributed by atoms with E-state index in [1.54, 1.807) is 31.2 Å². The van der Waals surface area contributed by atoms with Crippen molar-refractivity contribution in [2.75, 3.05) is 31.6 Å². The van der Waals surface area contributed by atoms with Crippen LogP contribution in [0.5, 0.6) is 0 Å². The van der Waals surface area contributed by atoms with Crippen LogP contribution in [0.1, 0.15) is 20.3 Å². The van der Waals surface area contributed by atoms with Crippen LogP contribution < -0.4 is 5.32 Å². The Labute approximate surface area is 115 Å². The molecule has 0 aromatic heterocycles. The zero-order valence-electron chi connectivity index (χ0n) is 11.5. The Bertz CT molecular complexity index is 488. The van der Waals surface area contributed by atoms with E-state index in [1.807, 2.05) is 6.92 Å². The number of hydrogen-bond donors (Lipinski definition) is 2. The van der Waals surface area contributed by atoms with E-state index < -0.39 is 10.0 Å².